The second-order valence-electron chi connectivity index (χ2n) is 4.60. The summed E-state index contributed by atoms with van der Waals surface area (Å²) in [6.07, 6.45) is 1.96. The van der Waals surface area contributed by atoms with Crippen LogP contribution in [0.5, 0.6) is 0 Å². The summed E-state index contributed by atoms with van der Waals surface area (Å²) in [7, 11) is -3.49. The minimum atomic E-state index is -3.49. The molecule has 3 N–H and O–H groups in total. The molecule has 0 spiro atoms. The van der Waals surface area contributed by atoms with Gasteiger partial charge < -0.3 is 5.73 Å². The fourth-order valence-electron chi connectivity index (χ4n) is 1.35. The Balaban J connectivity index is 2.94. The topological polar surface area (TPSA) is 72.2 Å². The maximum Gasteiger partial charge on any atom is 0.240 e. The molecule has 6 heteroatoms. The van der Waals surface area contributed by atoms with Gasteiger partial charge in [0.15, 0.2) is 0 Å². The molecule has 18 heavy (non-hydrogen) atoms. The lowest BCUT2D eigenvalue weighted by Gasteiger charge is -2.22. The molecule has 1 aromatic carbocycles. The number of hydrogen-bond donors (Lipinski definition) is 2. The molecular formula is C12H20N2O2S2. The van der Waals surface area contributed by atoms with E-state index >= 15 is 0 Å². The molecule has 0 radical (unpaired) electrons. The molecule has 0 aromatic heterocycles. The van der Waals surface area contributed by atoms with Crippen LogP contribution in [-0.4, -0.2) is 26.0 Å². The van der Waals surface area contributed by atoms with Crippen LogP contribution in [0, 0.1) is 0 Å². The first kappa shape index (κ1) is 15.5. The van der Waals surface area contributed by atoms with Crippen LogP contribution >= 0.6 is 11.8 Å². The lowest BCUT2D eigenvalue weighted by Crippen LogP contribution is -2.36. The van der Waals surface area contributed by atoms with Crippen LogP contribution in [0.1, 0.15) is 19.4 Å². The van der Waals surface area contributed by atoms with Crippen molar-refractivity contribution in [2.75, 3.05) is 12.8 Å². The van der Waals surface area contributed by atoms with E-state index in [1.165, 1.54) is 0 Å². The van der Waals surface area contributed by atoms with E-state index < -0.39 is 10.0 Å². The van der Waals surface area contributed by atoms with Crippen molar-refractivity contribution < 1.29 is 8.42 Å². The van der Waals surface area contributed by atoms with Crippen LogP contribution in [-0.2, 0) is 16.6 Å². The van der Waals surface area contributed by atoms with Crippen molar-refractivity contribution >= 4 is 21.8 Å². The molecule has 1 rings (SSSR count). The lowest BCUT2D eigenvalue weighted by molar-refractivity contribution is 0.569. The van der Waals surface area contributed by atoms with Crippen LogP contribution in [0.15, 0.2) is 29.2 Å². The molecule has 0 unspecified atom stereocenters. The van der Waals surface area contributed by atoms with Crippen LogP contribution < -0.4 is 10.5 Å². The predicted molar refractivity (Wildman–Crippen MR) is 77.1 cm³/mol. The van der Waals surface area contributed by atoms with Gasteiger partial charge in [0.1, 0.15) is 0 Å². The monoisotopic (exact) mass is 288 g/mol. The molecule has 102 valence electrons. The number of sulfonamides is 1. The summed E-state index contributed by atoms with van der Waals surface area (Å²) in [6, 6.07) is 6.80. The zero-order chi connectivity index (χ0) is 13.8. The standard InChI is InChI=1S/C12H20N2O2S2/c1-12(2,17-3)9-14-18(15,16)11-7-5-4-6-10(11)8-13/h4-7,14H,8-9,13H2,1-3H3. The Kier molecular flexibility index (Phi) is 5.21. The zero-order valence-corrected chi connectivity index (χ0v) is 12.6. The molecule has 0 bridgehead atoms. The van der Waals surface area contributed by atoms with E-state index in [2.05, 4.69) is 4.72 Å². The van der Waals surface area contributed by atoms with Gasteiger partial charge in [-0.1, -0.05) is 18.2 Å². The molecule has 0 fully saturated rings. The second kappa shape index (κ2) is 6.06. The van der Waals surface area contributed by atoms with E-state index in [0.29, 0.717) is 12.1 Å². The van der Waals surface area contributed by atoms with Gasteiger partial charge in [0.25, 0.3) is 0 Å². The van der Waals surface area contributed by atoms with Gasteiger partial charge in [0.05, 0.1) is 4.90 Å². The highest BCUT2D eigenvalue weighted by atomic mass is 32.2. The minimum absolute atomic E-state index is 0.134. The number of hydrogen-bond acceptors (Lipinski definition) is 4. The number of benzene rings is 1. The van der Waals surface area contributed by atoms with Gasteiger partial charge in [0.2, 0.25) is 10.0 Å². The van der Waals surface area contributed by atoms with Crippen LogP contribution in [0.2, 0.25) is 0 Å². The van der Waals surface area contributed by atoms with Gasteiger partial charge in [-0.25, -0.2) is 13.1 Å². The molecular weight excluding hydrogens is 268 g/mol. The first-order chi connectivity index (χ1) is 8.32. The predicted octanol–water partition coefficient (Wildman–Crippen LogP) is 1.57. The number of nitrogens with one attached hydrogen (secondary N) is 1. The normalized spacial score (nSPS) is 12.7. The van der Waals surface area contributed by atoms with Gasteiger partial charge in [-0.2, -0.15) is 11.8 Å². The highest BCUT2D eigenvalue weighted by molar-refractivity contribution is 8.00. The molecule has 0 aliphatic heterocycles. The van der Waals surface area contributed by atoms with Crippen molar-refractivity contribution in [3.63, 3.8) is 0 Å². The van der Waals surface area contributed by atoms with E-state index in [1.54, 1.807) is 36.0 Å². The summed E-state index contributed by atoms with van der Waals surface area (Å²) >= 11 is 1.62. The maximum absolute atomic E-state index is 12.2. The van der Waals surface area contributed by atoms with Crippen molar-refractivity contribution in [2.24, 2.45) is 5.73 Å². The van der Waals surface area contributed by atoms with E-state index in [0.717, 1.165) is 0 Å². The molecule has 1 aromatic rings. The van der Waals surface area contributed by atoms with Gasteiger partial charge in [0, 0.05) is 17.8 Å². The second-order valence-corrected chi connectivity index (χ2v) is 7.85. The Morgan fingerprint density at radius 3 is 2.50 bits per heavy atom. The van der Waals surface area contributed by atoms with Crippen molar-refractivity contribution in [3.8, 4) is 0 Å². The Labute approximate surface area is 113 Å². The number of rotatable bonds is 6. The minimum Gasteiger partial charge on any atom is -0.326 e. The summed E-state index contributed by atoms with van der Waals surface area (Å²) in [5.41, 5.74) is 6.19. The van der Waals surface area contributed by atoms with Crippen molar-refractivity contribution in [2.45, 2.75) is 30.0 Å². The highest BCUT2D eigenvalue weighted by Crippen LogP contribution is 2.21. The Bertz CT molecular complexity index is 499. The van der Waals surface area contributed by atoms with Crippen LogP contribution in [0.3, 0.4) is 0 Å². The molecule has 0 saturated heterocycles. The van der Waals surface area contributed by atoms with Crippen molar-refractivity contribution in [1.82, 2.24) is 4.72 Å². The van der Waals surface area contributed by atoms with Gasteiger partial charge in [-0.05, 0) is 31.7 Å². The fraction of sp³-hybridized carbons (Fsp3) is 0.500. The molecule has 0 saturated carbocycles. The summed E-state index contributed by atoms with van der Waals surface area (Å²) < 4.78 is 26.9. The van der Waals surface area contributed by atoms with E-state index in [9.17, 15) is 8.42 Å². The smallest absolute Gasteiger partial charge is 0.240 e. The number of nitrogens with two attached hydrogens (primary N) is 1. The third-order valence-electron chi connectivity index (χ3n) is 2.72. The third-order valence-corrected chi connectivity index (χ3v) is 5.47. The van der Waals surface area contributed by atoms with Crippen LogP contribution in [0.4, 0.5) is 0 Å². The Morgan fingerprint density at radius 2 is 1.94 bits per heavy atom. The third kappa shape index (κ3) is 3.98. The quantitative estimate of drug-likeness (QED) is 0.833. The molecule has 4 nitrogen and oxygen atoms in total. The molecule has 0 aliphatic rings. The van der Waals surface area contributed by atoms with E-state index in [4.69, 9.17) is 5.73 Å². The first-order valence-corrected chi connectivity index (χ1v) is 8.36. The number of thioether (sulfide) groups is 1. The Morgan fingerprint density at radius 1 is 1.33 bits per heavy atom. The Hall–Kier alpha value is -0.560. The molecule has 0 heterocycles. The SMILES string of the molecule is CSC(C)(C)CNS(=O)(=O)c1ccccc1CN. The fourth-order valence-corrected chi connectivity index (χ4v) is 3.12. The van der Waals surface area contributed by atoms with Crippen LogP contribution in [0.25, 0.3) is 0 Å². The van der Waals surface area contributed by atoms with Crippen molar-refractivity contribution in [3.05, 3.63) is 29.8 Å². The largest absolute Gasteiger partial charge is 0.326 e. The molecule has 0 aliphatic carbocycles. The molecule has 0 amide bonds. The zero-order valence-electron chi connectivity index (χ0n) is 10.9. The summed E-state index contributed by atoms with van der Waals surface area (Å²) in [5, 5.41) is 0. The van der Waals surface area contributed by atoms with E-state index in [1.807, 2.05) is 20.1 Å². The summed E-state index contributed by atoms with van der Waals surface area (Å²) in [5.74, 6) is 0. The first-order valence-electron chi connectivity index (χ1n) is 5.65. The molecule has 0 atom stereocenters. The highest BCUT2D eigenvalue weighted by Gasteiger charge is 2.22. The maximum atomic E-state index is 12.2. The van der Waals surface area contributed by atoms with Gasteiger partial charge in [-0.15, -0.1) is 0 Å². The summed E-state index contributed by atoms with van der Waals surface area (Å²) in [4.78, 5) is 0.268. The van der Waals surface area contributed by atoms with Crippen molar-refractivity contribution in [1.29, 1.82) is 0 Å². The van der Waals surface area contributed by atoms with E-state index in [-0.39, 0.29) is 16.2 Å². The lowest BCUT2D eigenvalue weighted by atomic mass is 10.2. The van der Waals surface area contributed by atoms with Gasteiger partial charge in [-0.3, -0.25) is 0 Å². The average molecular weight is 288 g/mol. The average Bonchev–Trinajstić information content (AvgIpc) is 2.37. The van der Waals surface area contributed by atoms with Gasteiger partial charge >= 0.3 is 0 Å². The summed E-state index contributed by atoms with van der Waals surface area (Å²) in [6.45, 7) is 4.59.